The van der Waals surface area contributed by atoms with Crippen LogP contribution in [0.3, 0.4) is 0 Å². The van der Waals surface area contributed by atoms with Crippen molar-refractivity contribution < 1.29 is 0 Å². The van der Waals surface area contributed by atoms with E-state index in [1.54, 1.807) is 11.3 Å². The zero-order chi connectivity index (χ0) is 9.68. The van der Waals surface area contributed by atoms with Crippen LogP contribution in [-0.4, -0.2) is 32.2 Å². The number of likely N-dealkylation sites (N-methyl/N-ethyl adjacent to an activating group) is 1. The van der Waals surface area contributed by atoms with Gasteiger partial charge >= 0.3 is 0 Å². The number of hydrogen-bond donors (Lipinski definition) is 1. The van der Waals surface area contributed by atoms with Gasteiger partial charge in [0.2, 0.25) is 0 Å². The molecule has 4 heteroatoms. The molecule has 1 heterocycles. The van der Waals surface area contributed by atoms with Crippen molar-refractivity contribution in [1.82, 2.24) is 10.2 Å². The highest BCUT2D eigenvalue weighted by Crippen LogP contribution is 2.21. The van der Waals surface area contributed by atoms with Crippen molar-refractivity contribution in [2.75, 3.05) is 27.3 Å². The smallest absolute Gasteiger partial charge is 0.0931 e. The third-order valence-corrected chi connectivity index (χ3v) is 3.09. The maximum Gasteiger partial charge on any atom is 0.0931 e. The van der Waals surface area contributed by atoms with Crippen molar-refractivity contribution >= 4 is 22.9 Å². The Kier molecular flexibility index (Phi) is 4.73. The lowest BCUT2D eigenvalue weighted by Crippen LogP contribution is -2.30. The summed E-state index contributed by atoms with van der Waals surface area (Å²) in [6.07, 6.45) is 1.08. The van der Waals surface area contributed by atoms with Gasteiger partial charge in [-0.1, -0.05) is 11.6 Å². The van der Waals surface area contributed by atoms with Gasteiger partial charge in [-0.05, 0) is 32.6 Å². The number of halogens is 1. The molecule has 0 aliphatic carbocycles. The van der Waals surface area contributed by atoms with E-state index in [2.05, 4.69) is 23.3 Å². The maximum absolute atomic E-state index is 5.83. The highest BCUT2D eigenvalue weighted by atomic mass is 35.5. The highest BCUT2D eigenvalue weighted by molar-refractivity contribution is 7.16. The number of nitrogens with zero attached hydrogens (tertiary/aromatic N) is 1. The Labute approximate surface area is 88.5 Å². The summed E-state index contributed by atoms with van der Waals surface area (Å²) in [5.41, 5.74) is 0. The van der Waals surface area contributed by atoms with Crippen molar-refractivity contribution in [1.29, 1.82) is 0 Å². The zero-order valence-electron chi connectivity index (χ0n) is 8.01. The summed E-state index contributed by atoms with van der Waals surface area (Å²) in [5.74, 6) is 0. The topological polar surface area (TPSA) is 15.3 Å². The third-order valence-electron chi connectivity index (χ3n) is 1.80. The van der Waals surface area contributed by atoms with Crippen molar-refractivity contribution in [2.45, 2.75) is 6.42 Å². The average Bonchev–Trinajstić information content (AvgIpc) is 2.49. The average molecular weight is 219 g/mol. The lowest BCUT2D eigenvalue weighted by atomic mass is 10.3. The largest absolute Gasteiger partial charge is 0.307 e. The first-order chi connectivity index (χ1) is 6.22. The van der Waals surface area contributed by atoms with Gasteiger partial charge in [-0.25, -0.2) is 0 Å². The van der Waals surface area contributed by atoms with Gasteiger partial charge in [-0.2, -0.15) is 0 Å². The number of thiophene rings is 1. The highest BCUT2D eigenvalue weighted by Gasteiger charge is 2.00. The molecule has 0 saturated carbocycles. The van der Waals surface area contributed by atoms with Gasteiger partial charge in [0.15, 0.2) is 0 Å². The fraction of sp³-hybridized carbons (Fsp3) is 0.556. The van der Waals surface area contributed by atoms with Crippen LogP contribution in [-0.2, 0) is 6.42 Å². The first kappa shape index (κ1) is 11.0. The van der Waals surface area contributed by atoms with Crippen LogP contribution in [0.25, 0.3) is 0 Å². The van der Waals surface area contributed by atoms with E-state index in [1.165, 1.54) is 4.88 Å². The third kappa shape index (κ3) is 4.09. The molecule has 0 bridgehead atoms. The minimum atomic E-state index is 0.881. The van der Waals surface area contributed by atoms with Crippen LogP contribution in [0.4, 0.5) is 0 Å². The molecule has 1 rings (SSSR count). The van der Waals surface area contributed by atoms with E-state index in [9.17, 15) is 0 Å². The van der Waals surface area contributed by atoms with Crippen molar-refractivity contribution in [3.63, 3.8) is 0 Å². The Morgan fingerprint density at radius 2 is 2.31 bits per heavy atom. The Bertz CT molecular complexity index is 250. The molecule has 0 atom stereocenters. The first-order valence-electron chi connectivity index (χ1n) is 4.29. The van der Waals surface area contributed by atoms with Crippen LogP contribution >= 0.6 is 22.9 Å². The summed E-state index contributed by atoms with van der Waals surface area (Å²) in [6.45, 7) is 2.00. The van der Waals surface area contributed by atoms with Crippen LogP contribution in [0.15, 0.2) is 12.1 Å². The van der Waals surface area contributed by atoms with Gasteiger partial charge in [-0.3, -0.25) is 4.90 Å². The molecule has 13 heavy (non-hydrogen) atoms. The molecule has 0 aromatic carbocycles. The van der Waals surface area contributed by atoms with Crippen LogP contribution in [0, 0.1) is 0 Å². The van der Waals surface area contributed by atoms with Crippen LogP contribution in [0.1, 0.15) is 4.88 Å². The molecule has 0 aliphatic rings. The number of rotatable bonds is 5. The maximum atomic E-state index is 5.83. The van der Waals surface area contributed by atoms with Crippen molar-refractivity contribution in [2.24, 2.45) is 0 Å². The van der Waals surface area contributed by atoms with Gasteiger partial charge in [0.25, 0.3) is 0 Å². The van der Waals surface area contributed by atoms with E-state index in [0.29, 0.717) is 0 Å². The minimum absolute atomic E-state index is 0.881. The predicted molar refractivity (Wildman–Crippen MR) is 59.6 cm³/mol. The molecule has 1 N–H and O–H groups in total. The molecule has 2 nitrogen and oxygen atoms in total. The Morgan fingerprint density at radius 1 is 1.54 bits per heavy atom. The molecule has 0 unspecified atom stereocenters. The Hall–Kier alpha value is -0.0900. The summed E-state index contributed by atoms with van der Waals surface area (Å²) in [5, 5.41) is 3.11. The SMILES string of the molecule is CNCN(C)CCc1ccc(Cl)s1. The zero-order valence-corrected chi connectivity index (χ0v) is 9.58. The van der Waals surface area contributed by atoms with Crippen LogP contribution < -0.4 is 5.32 Å². The van der Waals surface area contributed by atoms with E-state index in [0.717, 1.165) is 24.0 Å². The predicted octanol–water partition coefficient (Wildman–Crippen LogP) is 2.05. The Morgan fingerprint density at radius 3 is 2.85 bits per heavy atom. The van der Waals surface area contributed by atoms with E-state index >= 15 is 0 Å². The molecule has 0 aliphatic heterocycles. The molecule has 0 amide bonds. The normalized spacial score (nSPS) is 11.1. The van der Waals surface area contributed by atoms with Gasteiger partial charge in [0.1, 0.15) is 0 Å². The lowest BCUT2D eigenvalue weighted by Gasteiger charge is -2.14. The standard InChI is InChI=1S/C9H15ClN2S/c1-11-7-12(2)6-5-8-3-4-9(10)13-8/h3-4,11H,5-7H2,1-2H3. The quantitative estimate of drug-likeness (QED) is 0.762. The monoisotopic (exact) mass is 218 g/mol. The molecule has 0 spiro atoms. The fourth-order valence-electron chi connectivity index (χ4n) is 1.14. The van der Waals surface area contributed by atoms with Gasteiger partial charge in [0, 0.05) is 18.1 Å². The summed E-state index contributed by atoms with van der Waals surface area (Å²) in [4.78, 5) is 3.60. The Balaban J connectivity index is 2.26. The van der Waals surface area contributed by atoms with Gasteiger partial charge < -0.3 is 5.32 Å². The summed E-state index contributed by atoms with van der Waals surface area (Å²) < 4.78 is 0.881. The lowest BCUT2D eigenvalue weighted by molar-refractivity contribution is 0.322. The second-order valence-corrected chi connectivity index (χ2v) is 4.85. The minimum Gasteiger partial charge on any atom is -0.307 e. The van der Waals surface area contributed by atoms with Gasteiger partial charge in [-0.15, -0.1) is 11.3 Å². The van der Waals surface area contributed by atoms with Crippen LogP contribution in [0.5, 0.6) is 0 Å². The second kappa shape index (κ2) is 5.60. The molecular formula is C9H15ClN2S. The summed E-state index contributed by atoms with van der Waals surface area (Å²) >= 11 is 7.50. The van der Waals surface area contributed by atoms with Crippen LogP contribution in [0.2, 0.25) is 4.34 Å². The molecule has 74 valence electrons. The molecule has 0 radical (unpaired) electrons. The second-order valence-electron chi connectivity index (χ2n) is 3.05. The summed E-state index contributed by atoms with van der Waals surface area (Å²) in [6, 6.07) is 4.06. The van der Waals surface area contributed by atoms with Crippen molar-refractivity contribution in [3.05, 3.63) is 21.3 Å². The van der Waals surface area contributed by atoms with E-state index < -0.39 is 0 Å². The number of hydrogen-bond acceptors (Lipinski definition) is 3. The molecule has 1 aromatic heterocycles. The van der Waals surface area contributed by atoms with Gasteiger partial charge in [0.05, 0.1) is 4.34 Å². The fourth-order valence-corrected chi connectivity index (χ4v) is 2.21. The van der Waals surface area contributed by atoms with Crippen molar-refractivity contribution in [3.8, 4) is 0 Å². The molecule has 0 fully saturated rings. The molecule has 1 aromatic rings. The molecular weight excluding hydrogens is 204 g/mol. The van der Waals surface area contributed by atoms with E-state index in [1.807, 2.05) is 13.1 Å². The number of nitrogens with one attached hydrogen (secondary N) is 1. The molecule has 0 saturated heterocycles. The summed E-state index contributed by atoms with van der Waals surface area (Å²) in [7, 11) is 4.06. The first-order valence-corrected chi connectivity index (χ1v) is 5.49. The van der Waals surface area contributed by atoms with E-state index in [-0.39, 0.29) is 0 Å². The van der Waals surface area contributed by atoms with E-state index in [4.69, 9.17) is 11.6 Å².